The van der Waals surface area contributed by atoms with Crippen LogP contribution in [0.4, 0.5) is 5.69 Å². The number of quaternary nitrogens is 1. The summed E-state index contributed by atoms with van der Waals surface area (Å²) in [5.41, 5.74) is 1.21. The molecule has 1 aliphatic heterocycles. The molecule has 3 nitrogen and oxygen atoms in total. The van der Waals surface area contributed by atoms with Crippen molar-refractivity contribution in [3.8, 4) is 0 Å². The third-order valence-corrected chi connectivity index (χ3v) is 2.65. The van der Waals surface area contributed by atoms with Gasteiger partial charge >= 0.3 is 0 Å². The Morgan fingerprint density at radius 3 is 2.73 bits per heavy atom. The maximum atomic E-state index is 11.1. The summed E-state index contributed by atoms with van der Waals surface area (Å²) < 4.78 is -1.53. The van der Waals surface area contributed by atoms with E-state index in [4.69, 9.17) is 0 Å². The summed E-state index contributed by atoms with van der Waals surface area (Å²) in [6.45, 7) is 0. The Labute approximate surface area is 68.5 Å². The van der Waals surface area contributed by atoms with Gasteiger partial charge in [0.1, 0.15) is 5.69 Å². The smallest absolute Gasteiger partial charge is 0.148 e. The molecule has 1 aromatic rings. The van der Waals surface area contributed by atoms with E-state index < -0.39 is 4.21 Å². The van der Waals surface area contributed by atoms with E-state index in [2.05, 4.69) is 0 Å². The summed E-state index contributed by atoms with van der Waals surface area (Å²) in [4.78, 5) is 0. The van der Waals surface area contributed by atoms with Gasteiger partial charge in [-0.2, -0.15) is 0 Å². The van der Waals surface area contributed by atoms with Crippen molar-refractivity contribution in [2.45, 2.75) is 5.75 Å². The molecule has 0 N–H and O–H groups in total. The highest BCUT2D eigenvalue weighted by Gasteiger charge is 2.24. The molecule has 1 heterocycles. The fraction of sp³-hybridized carbons (Fsp3) is 0.143. The number of hydrogen-bond donors (Lipinski definition) is 0. The van der Waals surface area contributed by atoms with Gasteiger partial charge in [-0.3, -0.25) is 0 Å². The molecule has 58 valence electrons. The first-order valence-electron chi connectivity index (χ1n) is 3.24. The predicted octanol–water partition coefficient (Wildman–Crippen LogP) is 2.15. The summed E-state index contributed by atoms with van der Waals surface area (Å²) in [5.74, 6) is 0.531. The second-order valence-electron chi connectivity index (χ2n) is 2.40. The maximum Gasteiger partial charge on any atom is 0.148 e. The van der Waals surface area contributed by atoms with Gasteiger partial charge < -0.3 is 14.6 Å². The van der Waals surface area contributed by atoms with Crippen LogP contribution in [0.1, 0.15) is 5.56 Å². The van der Waals surface area contributed by atoms with Crippen LogP contribution in [0.2, 0.25) is 0 Å². The average Bonchev–Trinajstić information content (AvgIpc) is 2.29. The normalized spacial score (nSPS) is 19.8. The topological polar surface area (TPSA) is 46.1 Å². The molecule has 2 rings (SSSR count). The lowest BCUT2D eigenvalue weighted by atomic mass is 10.2. The van der Waals surface area contributed by atoms with E-state index >= 15 is 0 Å². The number of hydrogen-bond acceptors (Lipinski definition) is 3. The molecular weight excluding hydrogens is 162 g/mol. The second-order valence-corrected chi connectivity index (χ2v) is 3.43. The highest BCUT2D eigenvalue weighted by Crippen LogP contribution is 2.42. The van der Waals surface area contributed by atoms with Gasteiger partial charge in [0, 0.05) is 11.6 Å². The second kappa shape index (κ2) is 2.22. The molecule has 0 radical (unpaired) electrons. The molecule has 0 atom stereocenters. The van der Waals surface area contributed by atoms with Crippen LogP contribution in [0.5, 0.6) is 0 Å². The first-order chi connectivity index (χ1) is 5.20. The van der Waals surface area contributed by atoms with E-state index in [0.29, 0.717) is 11.4 Å². The van der Waals surface area contributed by atoms with Gasteiger partial charge in [0.25, 0.3) is 0 Å². The molecule has 4 heteroatoms. The minimum atomic E-state index is -1.53. The zero-order valence-electron chi connectivity index (χ0n) is 5.69. The highest BCUT2D eigenvalue weighted by atomic mass is 32.2. The molecular formula is C7H6NO2S-. The number of fused-ring (bicyclic) bond motifs is 1. The van der Waals surface area contributed by atoms with Crippen LogP contribution in [-0.2, 0) is 5.75 Å². The van der Waals surface area contributed by atoms with Gasteiger partial charge in [0.15, 0.2) is 0 Å². The van der Waals surface area contributed by atoms with Crippen LogP contribution in [0, 0.1) is 10.4 Å². The van der Waals surface area contributed by atoms with E-state index in [0.717, 1.165) is 17.5 Å². The summed E-state index contributed by atoms with van der Waals surface area (Å²) in [7, 11) is 0. The van der Waals surface area contributed by atoms with Crippen LogP contribution in [0.3, 0.4) is 0 Å². The Morgan fingerprint density at radius 2 is 2.00 bits per heavy atom. The Hall–Kier alpha value is -0.550. The van der Waals surface area contributed by atoms with Crippen molar-refractivity contribution >= 4 is 17.6 Å². The van der Waals surface area contributed by atoms with Gasteiger partial charge in [0.2, 0.25) is 0 Å². The standard InChI is InChI=1S/C7H6NO2S/c9-8(10)7-4-2-1-3-6(7)5-11-8/h1-4H,5H2/q-1. The van der Waals surface area contributed by atoms with E-state index in [1.807, 2.05) is 12.1 Å². The number of benzene rings is 1. The largest absolute Gasteiger partial charge is 0.614 e. The van der Waals surface area contributed by atoms with Crippen LogP contribution in [0.25, 0.3) is 0 Å². The van der Waals surface area contributed by atoms with E-state index in [1.165, 1.54) is 0 Å². The molecule has 0 aromatic heterocycles. The van der Waals surface area contributed by atoms with Crippen LogP contribution < -0.4 is 4.21 Å². The van der Waals surface area contributed by atoms with E-state index in [1.54, 1.807) is 12.1 Å². The highest BCUT2D eigenvalue weighted by molar-refractivity contribution is 7.98. The lowest BCUT2D eigenvalue weighted by Gasteiger charge is -2.39. The van der Waals surface area contributed by atoms with Crippen LogP contribution in [0.15, 0.2) is 24.3 Å². The number of nitrogens with zero attached hydrogens (tertiary/aromatic N) is 1. The summed E-state index contributed by atoms with van der Waals surface area (Å²) >= 11 is 0.855. The van der Waals surface area contributed by atoms with Crippen molar-refractivity contribution in [3.05, 3.63) is 40.2 Å². The molecule has 0 saturated heterocycles. The maximum absolute atomic E-state index is 11.1. The molecule has 0 unspecified atom stereocenters. The Morgan fingerprint density at radius 1 is 1.27 bits per heavy atom. The van der Waals surface area contributed by atoms with Crippen LogP contribution in [-0.4, -0.2) is 0 Å². The zero-order valence-corrected chi connectivity index (χ0v) is 6.50. The van der Waals surface area contributed by atoms with E-state index in [9.17, 15) is 10.4 Å². The molecule has 0 saturated carbocycles. The predicted molar refractivity (Wildman–Crippen MR) is 46.3 cm³/mol. The summed E-state index contributed by atoms with van der Waals surface area (Å²) in [5, 5.41) is 22.1. The van der Waals surface area contributed by atoms with Crippen LogP contribution >= 0.6 is 11.9 Å². The van der Waals surface area contributed by atoms with Crippen molar-refractivity contribution in [2.75, 3.05) is 0 Å². The quantitative estimate of drug-likeness (QED) is 0.339. The fourth-order valence-corrected chi connectivity index (χ4v) is 1.99. The zero-order chi connectivity index (χ0) is 7.90. The summed E-state index contributed by atoms with van der Waals surface area (Å²) in [6, 6.07) is 6.96. The third-order valence-electron chi connectivity index (χ3n) is 1.68. The lowest BCUT2D eigenvalue weighted by molar-refractivity contribution is 0.824. The van der Waals surface area contributed by atoms with Gasteiger partial charge in [-0.15, -0.1) is 0 Å². The molecule has 0 aliphatic carbocycles. The van der Waals surface area contributed by atoms with E-state index in [-0.39, 0.29) is 0 Å². The minimum Gasteiger partial charge on any atom is -0.614 e. The molecule has 1 aromatic carbocycles. The van der Waals surface area contributed by atoms with Gasteiger partial charge in [-0.25, -0.2) is 0 Å². The first kappa shape index (κ1) is 7.12. The lowest BCUT2D eigenvalue weighted by Crippen LogP contribution is -2.22. The molecule has 11 heavy (non-hydrogen) atoms. The molecule has 0 bridgehead atoms. The average molecular weight is 168 g/mol. The minimum absolute atomic E-state index is 0.345. The van der Waals surface area contributed by atoms with Crippen molar-refractivity contribution in [2.24, 2.45) is 0 Å². The monoisotopic (exact) mass is 168 g/mol. The number of rotatable bonds is 0. The fourth-order valence-electron chi connectivity index (χ4n) is 1.12. The summed E-state index contributed by atoms with van der Waals surface area (Å²) in [6.07, 6.45) is 0. The Bertz CT molecular complexity index is 288. The SMILES string of the molecule is [O-][N+]1([O-])SCc2ccccc21. The van der Waals surface area contributed by atoms with Crippen molar-refractivity contribution in [1.82, 2.24) is 4.21 Å². The molecule has 0 fully saturated rings. The molecule has 0 spiro atoms. The third kappa shape index (κ3) is 1.04. The molecule has 1 aliphatic rings. The first-order valence-corrected chi connectivity index (χ1v) is 4.18. The Balaban J connectivity index is 2.56. The van der Waals surface area contributed by atoms with Gasteiger partial charge in [-0.1, -0.05) is 18.2 Å². The van der Waals surface area contributed by atoms with Gasteiger partial charge in [-0.05, 0) is 0 Å². The Kier molecular flexibility index (Phi) is 1.43. The van der Waals surface area contributed by atoms with Gasteiger partial charge in [0.05, 0.1) is 17.7 Å². The van der Waals surface area contributed by atoms with Crippen molar-refractivity contribution in [3.63, 3.8) is 0 Å². The molecule has 0 amide bonds. The van der Waals surface area contributed by atoms with Crippen molar-refractivity contribution < 1.29 is 0 Å². The van der Waals surface area contributed by atoms with Crippen molar-refractivity contribution in [1.29, 1.82) is 0 Å².